The molecule has 12 heteroatoms. The van der Waals surface area contributed by atoms with Crippen LogP contribution in [0.15, 0.2) is 42.1 Å². The van der Waals surface area contributed by atoms with Gasteiger partial charge in [-0.05, 0) is 52.4 Å². The number of aromatic nitrogens is 2. The fourth-order valence-electron chi connectivity index (χ4n) is 2.97. The van der Waals surface area contributed by atoms with Crippen LogP contribution in [0, 0.1) is 0 Å². The number of carbonyl (C=O) groups excluding carboxylic acids is 1. The quantitative estimate of drug-likeness (QED) is 0.568. The van der Waals surface area contributed by atoms with Crippen molar-refractivity contribution < 1.29 is 17.6 Å². The van der Waals surface area contributed by atoms with Crippen LogP contribution in [-0.2, 0) is 14.8 Å². The average molecular weight is 503 g/mol. The number of halogens is 1. The molecule has 28 heavy (non-hydrogen) atoms. The van der Waals surface area contributed by atoms with Crippen molar-refractivity contribution in [3.8, 4) is 10.8 Å². The van der Waals surface area contributed by atoms with Gasteiger partial charge in [0, 0.05) is 6.54 Å². The standard InChI is InChI=1S/C16H15BrN4O4S3/c17-12-7-6-11(27-12)15-19-20-16(25-15)18-14(22)10-4-1-2-8-21(10)28(23,24)13-5-3-9-26-13/h3,5-7,9-10H,1-2,4,8H2,(H,18,20,22). The Labute approximate surface area is 177 Å². The number of anilines is 1. The lowest BCUT2D eigenvalue weighted by atomic mass is 10.0. The predicted molar refractivity (Wildman–Crippen MR) is 110 cm³/mol. The third-order valence-corrected chi connectivity index (χ3v) is 9.15. The second kappa shape index (κ2) is 8.03. The molecular formula is C16H15BrN4O4S3. The molecule has 0 bridgehead atoms. The highest BCUT2D eigenvalue weighted by molar-refractivity contribution is 9.11. The first-order chi connectivity index (χ1) is 13.4. The second-order valence-corrected chi connectivity index (χ2v) is 11.6. The van der Waals surface area contributed by atoms with Gasteiger partial charge in [-0.1, -0.05) is 17.6 Å². The van der Waals surface area contributed by atoms with E-state index in [9.17, 15) is 13.2 Å². The highest BCUT2D eigenvalue weighted by Gasteiger charge is 2.38. The molecule has 1 atom stereocenters. The van der Waals surface area contributed by atoms with Crippen molar-refractivity contribution in [1.82, 2.24) is 14.5 Å². The van der Waals surface area contributed by atoms with Crippen molar-refractivity contribution in [3.05, 3.63) is 33.4 Å². The third-order valence-electron chi connectivity index (χ3n) is 4.25. The van der Waals surface area contributed by atoms with Crippen molar-refractivity contribution >= 4 is 60.5 Å². The lowest BCUT2D eigenvalue weighted by molar-refractivity contribution is -0.120. The lowest BCUT2D eigenvalue weighted by Crippen LogP contribution is -2.49. The van der Waals surface area contributed by atoms with Crippen LogP contribution in [0.4, 0.5) is 6.01 Å². The van der Waals surface area contributed by atoms with Crippen LogP contribution < -0.4 is 5.32 Å². The molecule has 1 fully saturated rings. The van der Waals surface area contributed by atoms with Crippen LogP contribution >= 0.6 is 38.6 Å². The van der Waals surface area contributed by atoms with Crippen LogP contribution in [0.1, 0.15) is 19.3 Å². The number of hydrogen-bond acceptors (Lipinski definition) is 8. The SMILES string of the molecule is O=C(Nc1nnc(-c2ccc(Br)s2)o1)C1CCCCN1S(=O)(=O)c1cccs1. The number of nitrogens with one attached hydrogen (secondary N) is 1. The molecule has 8 nitrogen and oxygen atoms in total. The van der Waals surface area contributed by atoms with E-state index in [-0.39, 0.29) is 16.1 Å². The molecule has 0 saturated carbocycles. The van der Waals surface area contributed by atoms with Gasteiger partial charge >= 0.3 is 6.01 Å². The zero-order valence-electron chi connectivity index (χ0n) is 14.4. The number of carbonyl (C=O) groups is 1. The zero-order valence-corrected chi connectivity index (χ0v) is 18.4. The van der Waals surface area contributed by atoms with E-state index in [1.54, 1.807) is 17.5 Å². The van der Waals surface area contributed by atoms with Crippen molar-refractivity contribution in [1.29, 1.82) is 0 Å². The highest BCUT2D eigenvalue weighted by atomic mass is 79.9. The highest BCUT2D eigenvalue weighted by Crippen LogP contribution is 2.32. The van der Waals surface area contributed by atoms with Gasteiger partial charge in [0.25, 0.3) is 15.9 Å². The maximum atomic E-state index is 12.9. The van der Waals surface area contributed by atoms with Gasteiger partial charge in [-0.15, -0.1) is 27.8 Å². The molecule has 4 heterocycles. The second-order valence-electron chi connectivity index (χ2n) is 6.06. The number of thiophene rings is 2. The summed E-state index contributed by atoms with van der Waals surface area (Å²) < 4.78 is 33.7. The van der Waals surface area contributed by atoms with E-state index < -0.39 is 22.0 Å². The summed E-state index contributed by atoms with van der Waals surface area (Å²) in [6.45, 7) is 0.302. The Morgan fingerprint density at radius 3 is 2.86 bits per heavy atom. The van der Waals surface area contributed by atoms with Crippen LogP contribution in [0.5, 0.6) is 0 Å². The molecule has 0 aliphatic carbocycles. The molecule has 0 spiro atoms. The predicted octanol–water partition coefficient (Wildman–Crippen LogP) is 3.80. The van der Waals surface area contributed by atoms with Crippen LogP contribution in [-0.4, -0.2) is 41.4 Å². The summed E-state index contributed by atoms with van der Waals surface area (Å²) in [5.74, 6) is -0.180. The van der Waals surface area contributed by atoms with Gasteiger partial charge < -0.3 is 4.42 Å². The molecule has 1 aliphatic heterocycles. The number of hydrogen-bond donors (Lipinski definition) is 1. The molecule has 1 amide bonds. The third kappa shape index (κ3) is 3.92. The first-order valence-electron chi connectivity index (χ1n) is 8.40. The largest absolute Gasteiger partial charge is 0.402 e. The number of amides is 1. The fraction of sp³-hybridized carbons (Fsp3) is 0.312. The Morgan fingerprint density at radius 1 is 1.29 bits per heavy atom. The molecule has 3 aromatic rings. The smallest absolute Gasteiger partial charge is 0.322 e. The van der Waals surface area contributed by atoms with Gasteiger partial charge in [0.2, 0.25) is 5.91 Å². The van der Waals surface area contributed by atoms with Gasteiger partial charge in [-0.3, -0.25) is 10.1 Å². The van der Waals surface area contributed by atoms with Crippen molar-refractivity contribution in [2.45, 2.75) is 29.5 Å². The Bertz CT molecular complexity index is 1080. The molecule has 1 N–H and O–H groups in total. The van der Waals surface area contributed by atoms with E-state index in [0.29, 0.717) is 19.4 Å². The minimum absolute atomic E-state index is 0.0523. The summed E-state index contributed by atoms with van der Waals surface area (Å²) in [5.41, 5.74) is 0. The van der Waals surface area contributed by atoms with Gasteiger partial charge in [-0.2, -0.15) is 4.31 Å². The number of piperidine rings is 1. The van der Waals surface area contributed by atoms with Gasteiger partial charge in [0.05, 0.1) is 8.66 Å². The first kappa shape index (κ1) is 19.7. The van der Waals surface area contributed by atoms with Crippen molar-refractivity contribution in [3.63, 3.8) is 0 Å². The molecular weight excluding hydrogens is 488 g/mol. The average Bonchev–Trinajstić information content (AvgIpc) is 3.43. The minimum Gasteiger partial charge on any atom is -0.402 e. The maximum Gasteiger partial charge on any atom is 0.322 e. The van der Waals surface area contributed by atoms with Crippen LogP contribution in [0.3, 0.4) is 0 Å². The van der Waals surface area contributed by atoms with E-state index >= 15 is 0 Å². The molecule has 1 unspecified atom stereocenters. The van der Waals surface area contributed by atoms with Gasteiger partial charge in [-0.25, -0.2) is 8.42 Å². The zero-order chi connectivity index (χ0) is 19.7. The Hall–Kier alpha value is -1.60. The van der Waals surface area contributed by atoms with E-state index in [1.165, 1.54) is 15.6 Å². The summed E-state index contributed by atoms with van der Waals surface area (Å²) in [6.07, 6.45) is 1.93. The molecule has 3 aromatic heterocycles. The number of nitrogens with zero attached hydrogens (tertiary/aromatic N) is 3. The summed E-state index contributed by atoms with van der Waals surface area (Å²) in [7, 11) is -3.72. The van der Waals surface area contributed by atoms with E-state index in [1.807, 2.05) is 12.1 Å². The van der Waals surface area contributed by atoms with Crippen LogP contribution in [0.25, 0.3) is 10.8 Å². The Kier molecular flexibility index (Phi) is 5.65. The summed E-state index contributed by atoms with van der Waals surface area (Å²) in [5, 5.41) is 12.1. The fourth-order valence-corrected chi connectivity index (χ4v) is 7.06. The summed E-state index contributed by atoms with van der Waals surface area (Å²) >= 11 is 5.93. The lowest BCUT2D eigenvalue weighted by Gasteiger charge is -2.32. The van der Waals surface area contributed by atoms with Crippen molar-refractivity contribution in [2.24, 2.45) is 0 Å². The number of rotatable bonds is 5. The topological polar surface area (TPSA) is 105 Å². The normalized spacial score (nSPS) is 18.2. The molecule has 4 rings (SSSR count). The van der Waals surface area contributed by atoms with Crippen LogP contribution in [0.2, 0.25) is 0 Å². The monoisotopic (exact) mass is 502 g/mol. The molecule has 0 radical (unpaired) electrons. The van der Waals surface area contributed by atoms with E-state index in [0.717, 1.165) is 26.4 Å². The maximum absolute atomic E-state index is 12.9. The molecule has 0 aromatic carbocycles. The van der Waals surface area contributed by atoms with E-state index in [2.05, 4.69) is 31.4 Å². The summed E-state index contributed by atoms with van der Waals surface area (Å²) in [6, 6.07) is 6.05. The molecule has 148 valence electrons. The molecule has 1 aliphatic rings. The minimum atomic E-state index is -3.72. The van der Waals surface area contributed by atoms with Gasteiger partial charge in [0.1, 0.15) is 10.3 Å². The first-order valence-corrected chi connectivity index (χ1v) is 12.3. The molecule has 1 saturated heterocycles. The number of sulfonamides is 1. The summed E-state index contributed by atoms with van der Waals surface area (Å²) in [4.78, 5) is 13.6. The van der Waals surface area contributed by atoms with Gasteiger partial charge in [0.15, 0.2) is 0 Å². The Morgan fingerprint density at radius 2 is 2.14 bits per heavy atom. The van der Waals surface area contributed by atoms with E-state index in [4.69, 9.17) is 4.42 Å². The van der Waals surface area contributed by atoms with Crippen molar-refractivity contribution in [2.75, 3.05) is 11.9 Å². The Balaban J connectivity index is 1.52.